The second kappa shape index (κ2) is 5.93. The summed E-state index contributed by atoms with van der Waals surface area (Å²) in [6, 6.07) is 5.35. The molecule has 0 aromatic heterocycles. The normalized spacial score (nSPS) is 18.1. The number of aryl methyl sites for hydroxylation is 1. The topological polar surface area (TPSA) is 55.1 Å². The Kier molecular flexibility index (Phi) is 4.48. The van der Waals surface area contributed by atoms with E-state index in [4.69, 9.17) is 17.3 Å². The molecule has 3 nitrogen and oxygen atoms in total. The van der Waals surface area contributed by atoms with Crippen LogP contribution in [0, 0.1) is 6.92 Å². The molecule has 0 saturated heterocycles. The van der Waals surface area contributed by atoms with Crippen molar-refractivity contribution in [3.63, 3.8) is 0 Å². The smallest absolute Gasteiger partial charge is 0.251 e. The minimum atomic E-state index is -0.234. The van der Waals surface area contributed by atoms with Gasteiger partial charge in [-0.15, -0.1) is 0 Å². The number of carbonyl (C=O) groups is 1. The van der Waals surface area contributed by atoms with E-state index in [-0.39, 0.29) is 11.4 Å². The molecule has 0 radical (unpaired) electrons. The Hall–Kier alpha value is -1.06. The maximum absolute atomic E-state index is 12.1. The van der Waals surface area contributed by atoms with Gasteiger partial charge < -0.3 is 11.1 Å². The number of halogens is 1. The maximum Gasteiger partial charge on any atom is 0.251 e. The van der Waals surface area contributed by atoms with E-state index >= 15 is 0 Å². The molecule has 0 spiro atoms. The number of benzene rings is 1. The van der Waals surface area contributed by atoms with Crippen molar-refractivity contribution in [1.29, 1.82) is 0 Å². The monoisotopic (exact) mass is 280 g/mol. The first-order chi connectivity index (χ1) is 9.00. The molecule has 1 amide bonds. The lowest BCUT2D eigenvalue weighted by molar-refractivity contribution is 0.0937. The highest BCUT2D eigenvalue weighted by atomic mass is 35.5. The molecule has 2 rings (SSSR count). The van der Waals surface area contributed by atoms with Gasteiger partial charge in [-0.1, -0.05) is 36.9 Å². The molecule has 1 aliphatic carbocycles. The Labute approximate surface area is 119 Å². The van der Waals surface area contributed by atoms with Crippen molar-refractivity contribution in [3.8, 4) is 0 Å². The van der Waals surface area contributed by atoms with E-state index < -0.39 is 0 Å². The van der Waals surface area contributed by atoms with Crippen molar-refractivity contribution in [2.24, 2.45) is 5.73 Å². The molecule has 1 aliphatic rings. The molecular weight excluding hydrogens is 260 g/mol. The molecule has 1 fully saturated rings. The molecule has 0 bridgehead atoms. The molecule has 0 aliphatic heterocycles. The molecule has 0 atom stereocenters. The summed E-state index contributed by atoms with van der Waals surface area (Å²) in [6.45, 7) is 2.46. The molecule has 19 heavy (non-hydrogen) atoms. The summed E-state index contributed by atoms with van der Waals surface area (Å²) in [5.74, 6) is -0.0997. The van der Waals surface area contributed by atoms with Crippen molar-refractivity contribution in [1.82, 2.24) is 5.32 Å². The van der Waals surface area contributed by atoms with Crippen LogP contribution in [-0.2, 0) is 0 Å². The van der Waals surface area contributed by atoms with Crippen LogP contribution in [-0.4, -0.2) is 18.0 Å². The predicted octanol–water partition coefficient (Wildman–Crippen LogP) is 3.04. The zero-order valence-electron chi connectivity index (χ0n) is 11.3. The molecule has 4 heteroatoms. The number of carbonyl (C=O) groups excluding carboxylic acids is 1. The molecule has 0 unspecified atom stereocenters. The zero-order chi connectivity index (χ0) is 13.9. The average molecular weight is 281 g/mol. The van der Waals surface area contributed by atoms with E-state index in [1.807, 2.05) is 13.0 Å². The van der Waals surface area contributed by atoms with Gasteiger partial charge in [0, 0.05) is 22.7 Å². The lowest BCUT2D eigenvalue weighted by Gasteiger charge is -2.33. The number of hydrogen-bond donors (Lipinski definition) is 2. The third-order valence-electron chi connectivity index (χ3n) is 3.88. The van der Waals surface area contributed by atoms with E-state index in [0.717, 1.165) is 31.2 Å². The number of rotatable bonds is 3. The fourth-order valence-electron chi connectivity index (χ4n) is 2.53. The van der Waals surface area contributed by atoms with Crippen molar-refractivity contribution in [2.75, 3.05) is 6.54 Å². The van der Waals surface area contributed by atoms with Gasteiger partial charge >= 0.3 is 0 Å². The average Bonchev–Trinajstić information content (AvgIpc) is 2.40. The SMILES string of the molecule is Cc1ccc(C(=O)NCC2(N)CCCCC2)cc1Cl. The van der Waals surface area contributed by atoms with Gasteiger partial charge in [0.2, 0.25) is 0 Å². The van der Waals surface area contributed by atoms with Crippen molar-refractivity contribution in [2.45, 2.75) is 44.6 Å². The van der Waals surface area contributed by atoms with E-state index in [2.05, 4.69) is 5.32 Å². The highest BCUT2D eigenvalue weighted by molar-refractivity contribution is 6.31. The molecule has 1 saturated carbocycles. The lowest BCUT2D eigenvalue weighted by Crippen LogP contribution is -2.51. The summed E-state index contributed by atoms with van der Waals surface area (Å²) in [5, 5.41) is 3.55. The highest BCUT2D eigenvalue weighted by Crippen LogP contribution is 2.25. The van der Waals surface area contributed by atoms with E-state index in [9.17, 15) is 4.79 Å². The number of nitrogens with two attached hydrogens (primary N) is 1. The number of amides is 1. The van der Waals surface area contributed by atoms with Gasteiger partial charge in [-0.05, 0) is 37.5 Å². The largest absolute Gasteiger partial charge is 0.350 e. The van der Waals surface area contributed by atoms with E-state index in [1.165, 1.54) is 6.42 Å². The Bertz CT molecular complexity index is 467. The summed E-state index contributed by atoms with van der Waals surface area (Å²) < 4.78 is 0. The zero-order valence-corrected chi connectivity index (χ0v) is 12.1. The molecule has 104 valence electrons. The Morgan fingerprint density at radius 2 is 2.05 bits per heavy atom. The number of nitrogens with one attached hydrogen (secondary N) is 1. The van der Waals surface area contributed by atoms with Crippen molar-refractivity contribution < 1.29 is 4.79 Å². The Balaban J connectivity index is 1.95. The number of hydrogen-bond acceptors (Lipinski definition) is 2. The molecular formula is C15H21ClN2O. The van der Waals surface area contributed by atoms with Crippen LogP contribution < -0.4 is 11.1 Å². The standard InChI is InChI=1S/C15H21ClN2O/c1-11-5-6-12(9-13(11)16)14(19)18-10-15(17)7-3-2-4-8-15/h5-6,9H,2-4,7-8,10,17H2,1H3,(H,18,19). The maximum atomic E-state index is 12.1. The van der Waals surface area contributed by atoms with Crippen LogP contribution in [0.15, 0.2) is 18.2 Å². The second-order valence-corrected chi connectivity index (χ2v) is 5.98. The third kappa shape index (κ3) is 3.71. The summed E-state index contributed by atoms with van der Waals surface area (Å²) in [4.78, 5) is 12.1. The van der Waals surface area contributed by atoms with E-state index in [1.54, 1.807) is 12.1 Å². The van der Waals surface area contributed by atoms with Crippen LogP contribution in [0.4, 0.5) is 0 Å². The first-order valence-corrected chi connectivity index (χ1v) is 7.21. The highest BCUT2D eigenvalue weighted by Gasteiger charge is 2.27. The van der Waals surface area contributed by atoms with Crippen molar-refractivity contribution >= 4 is 17.5 Å². The summed E-state index contributed by atoms with van der Waals surface area (Å²) >= 11 is 6.03. The van der Waals surface area contributed by atoms with Gasteiger partial charge in [0.05, 0.1) is 0 Å². The minimum Gasteiger partial charge on any atom is -0.350 e. The van der Waals surface area contributed by atoms with E-state index in [0.29, 0.717) is 17.1 Å². The van der Waals surface area contributed by atoms with Crippen LogP contribution in [0.5, 0.6) is 0 Å². The Morgan fingerprint density at radius 1 is 1.37 bits per heavy atom. The summed E-state index contributed by atoms with van der Waals surface area (Å²) in [7, 11) is 0. The fraction of sp³-hybridized carbons (Fsp3) is 0.533. The van der Waals surface area contributed by atoms with Crippen molar-refractivity contribution in [3.05, 3.63) is 34.3 Å². The van der Waals surface area contributed by atoms with Gasteiger partial charge in [-0.2, -0.15) is 0 Å². The van der Waals surface area contributed by atoms with Gasteiger partial charge in [0.1, 0.15) is 0 Å². The molecule has 3 N–H and O–H groups in total. The summed E-state index contributed by atoms with van der Waals surface area (Å²) in [5.41, 5.74) is 7.63. The van der Waals surface area contributed by atoms with Gasteiger partial charge in [0.25, 0.3) is 5.91 Å². The first-order valence-electron chi connectivity index (χ1n) is 6.83. The van der Waals surface area contributed by atoms with Crippen LogP contribution in [0.25, 0.3) is 0 Å². The fourth-order valence-corrected chi connectivity index (χ4v) is 2.71. The molecule has 0 heterocycles. The lowest BCUT2D eigenvalue weighted by atomic mass is 9.82. The van der Waals surface area contributed by atoms with Gasteiger partial charge in [-0.25, -0.2) is 0 Å². The summed E-state index contributed by atoms with van der Waals surface area (Å²) in [6.07, 6.45) is 5.54. The van der Waals surface area contributed by atoms with Gasteiger partial charge in [0.15, 0.2) is 0 Å². The minimum absolute atomic E-state index is 0.0997. The predicted molar refractivity (Wildman–Crippen MR) is 78.5 cm³/mol. The van der Waals surface area contributed by atoms with Crippen LogP contribution in [0.3, 0.4) is 0 Å². The third-order valence-corrected chi connectivity index (χ3v) is 4.29. The quantitative estimate of drug-likeness (QED) is 0.894. The molecule has 1 aromatic carbocycles. The Morgan fingerprint density at radius 3 is 2.68 bits per heavy atom. The first kappa shape index (κ1) is 14.4. The van der Waals surface area contributed by atoms with Crippen LogP contribution >= 0.6 is 11.6 Å². The second-order valence-electron chi connectivity index (χ2n) is 5.57. The van der Waals surface area contributed by atoms with Gasteiger partial charge in [-0.3, -0.25) is 4.79 Å². The van der Waals surface area contributed by atoms with Crippen LogP contribution in [0.2, 0.25) is 5.02 Å². The van der Waals surface area contributed by atoms with Crippen LogP contribution in [0.1, 0.15) is 48.0 Å². The molecule has 1 aromatic rings.